The lowest BCUT2D eigenvalue weighted by Crippen LogP contribution is -2.25. The van der Waals surface area contributed by atoms with Gasteiger partial charge in [0, 0.05) is 35.7 Å². The van der Waals surface area contributed by atoms with Crippen molar-refractivity contribution in [1.82, 2.24) is 25.1 Å². The van der Waals surface area contributed by atoms with Crippen LogP contribution in [-0.2, 0) is 17.8 Å². The molecule has 3 aromatic carbocycles. The lowest BCUT2D eigenvalue weighted by molar-refractivity contribution is -0.121. The first-order valence-corrected chi connectivity index (χ1v) is 13.8. The van der Waals surface area contributed by atoms with Gasteiger partial charge in [-0.05, 0) is 48.6 Å². The van der Waals surface area contributed by atoms with Gasteiger partial charge in [-0.3, -0.25) is 4.79 Å². The number of carbonyl (C=O) groups excluding carboxylic acids is 1. The first kappa shape index (κ1) is 25.2. The summed E-state index contributed by atoms with van der Waals surface area (Å²) in [4.78, 5) is 17.0. The molecule has 0 saturated carbocycles. The minimum atomic E-state index is 0.103. The van der Waals surface area contributed by atoms with Gasteiger partial charge >= 0.3 is 0 Å². The maximum absolute atomic E-state index is 12.1. The molecular weight excluding hydrogens is 502 g/mol. The average molecular weight is 530 g/mol. The summed E-state index contributed by atoms with van der Waals surface area (Å²) in [5, 5.41) is 14.3. The Hall–Kier alpha value is -3.42. The van der Waals surface area contributed by atoms with E-state index in [0.717, 1.165) is 52.6 Å². The Balaban J connectivity index is 1.17. The monoisotopic (exact) mass is 529 g/mol. The predicted molar refractivity (Wildman–Crippen MR) is 151 cm³/mol. The number of nitrogens with zero attached hydrogens (tertiary/aromatic N) is 4. The third kappa shape index (κ3) is 6.48. The van der Waals surface area contributed by atoms with Crippen LogP contribution in [0.15, 0.2) is 84.0 Å². The number of thioether (sulfide) groups is 1. The summed E-state index contributed by atoms with van der Waals surface area (Å²) in [7, 11) is 0. The van der Waals surface area contributed by atoms with Crippen LogP contribution in [0.5, 0.6) is 0 Å². The minimum absolute atomic E-state index is 0.103. The summed E-state index contributed by atoms with van der Waals surface area (Å²) < 4.78 is 2.18. The Morgan fingerprint density at radius 2 is 1.73 bits per heavy atom. The van der Waals surface area contributed by atoms with Crippen molar-refractivity contribution in [1.29, 1.82) is 0 Å². The molecular formula is C29H28ClN5OS. The van der Waals surface area contributed by atoms with Crippen molar-refractivity contribution in [3.05, 3.63) is 95.0 Å². The Labute approximate surface area is 225 Å². The number of aromatic nitrogens is 4. The Bertz CT molecular complexity index is 1500. The summed E-state index contributed by atoms with van der Waals surface area (Å²) in [6, 6.07) is 26.2. The van der Waals surface area contributed by atoms with E-state index in [9.17, 15) is 4.79 Å². The number of para-hydroxylation sites is 1. The van der Waals surface area contributed by atoms with Crippen LogP contribution in [0, 0.1) is 0 Å². The Morgan fingerprint density at radius 1 is 0.919 bits per heavy atom. The number of unbranched alkanes of at least 4 members (excludes halogenated alkanes) is 1. The van der Waals surface area contributed by atoms with Crippen LogP contribution >= 0.6 is 23.4 Å². The highest BCUT2D eigenvalue weighted by Crippen LogP contribution is 2.28. The fraction of sp³-hybridized carbons (Fsp3) is 0.241. The first-order chi connectivity index (χ1) is 18.2. The van der Waals surface area contributed by atoms with Crippen molar-refractivity contribution in [3.63, 3.8) is 0 Å². The van der Waals surface area contributed by atoms with E-state index in [1.807, 2.05) is 48.5 Å². The molecule has 1 N–H and O–H groups in total. The zero-order chi connectivity index (χ0) is 25.5. The number of benzene rings is 3. The topological polar surface area (TPSA) is 72.7 Å². The molecule has 0 spiro atoms. The van der Waals surface area contributed by atoms with Gasteiger partial charge in [-0.15, -0.1) is 10.2 Å². The molecule has 0 aliphatic rings. The second-order valence-corrected chi connectivity index (χ2v) is 10.4. The van der Waals surface area contributed by atoms with Crippen LogP contribution < -0.4 is 5.32 Å². The lowest BCUT2D eigenvalue weighted by Gasteiger charge is -2.08. The molecule has 0 aliphatic heterocycles. The number of halogens is 1. The van der Waals surface area contributed by atoms with Crippen molar-refractivity contribution in [2.45, 2.75) is 37.4 Å². The van der Waals surface area contributed by atoms with E-state index in [2.05, 4.69) is 50.4 Å². The van der Waals surface area contributed by atoms with Crippen LogP contribution in [0.4, 0.5) is 0 Å². The average Bonchev–Trinajstić information content (AvgIpc) is 3.22. The molecule has 2 aromatic heterocycles. The molecule has 0 bridgehead atoms. The van der Waals surface area contributed by atoms with E-state index in [-0.39, 0.29) is 5.91 Å². The van der Waals surface area contributed by atoms with Gasteiger partial charge in [0.1, 0.15) is 5.52 Å². The van der Waals surface area contributed by atoms with E-state index in [1.54, 1.807) is 11.8 Å². The molecule has 188 valence electrons. The van der Waals surface area contributed by atoms with Crippen molar-refractivity contribution < 1.29 is 4.79 Å². The third-order valence-electron chi connectivity index (χ3n) is 6.19. The maximum atomic E-state index is 12.1. The lowest BCUT2D eigenvalue weighted by atomic mass is 10.1. The minimum Gasteiger partial charge on any atom is -0.356 e. The molecule has 37 heavy (non-hydrogen) atoms. The molecule has 6 nitrogen and oxygen atoms in total. The number of amides is 1. The Kier molecular flexibility index (Phi) is 8.33. The van der Waals surface area contributed by atoms with Crippen molar-refractivity contribution in [3.8, 4) is 0 Å². The Morgan fingerprint density at radius 3 is 2.59 bits per heavy atom. The van der Waals surface area contributed by atoms with E-state index in [0.29, 0.717) is 29.7 Å². The number of hydrogen-bond donors (Lipinski definition) is 1. The van der Waals surface area contributed by atoms with Gasteiger partial charge in [-0.1, -0.05) is 84.0 Å². The van der Waals surface area contributed by atoms with Crippen LogP contribution in [0.3, 0.4) is 0 Å². The standard InChI is InChI=1S/C29H28ClN5OS/c30-23-12-8-11-22(19-23)20-35-25-14-5-4-13-24(25)27-28(35)32-29(34-33-27)37-18-7-6-15-26(36)31-17-16-21-9-2-1-3-10-21/h1-5,8-14,19H,6-7,15-18,20H2,(H,31,36). The zero-order valence-corrected chi connectivity index (χ0v) is 22.0. The summed E-state index contributed by atoms with van der Waals surface area (Å²) >= 11 is 7.80. The molecule has 5 aromatic rings. The fourth-order valence-corrected chi connectivity index (χ4v) is 5.35. The smallest absolute Gasteiger partial charge is 0.220 e. The van der Waals surface area contributed by atoms with Crippen LogP contribution in [-0.4, -0.2) is 38.0 Å². The van der Waals surface area contributed by atoms with E-state index in [1.165, 1.54) is 5.56 Å². The summed E-state index contributed by atoms with van der Waals surface area (Å²) in [5.41, 5.74) is 5.02. The second-order valence-electron chi connectivity index (χ2n) is 8.89. The second kappa shape index (κ2) is 12.2. The van der Waals surface area contributed by atoms with Gasteiger partial charge in [0.05, 0.1) is 5.52 Å². The highest BCUT2D eigenvalue weighted by molar-refractivity contribution is 7.99. The molecule has 0 fully saturated rings. The van der Waals surface area contributed by atoms with Crippen molar-refractivity contribution in [2.24, 2.45) is 0 Å². The van der Waals surface area contributed by atoms with Crippen LogP contribution in [0.25, 0.3) is 22.1 Å². The largest absolute Gasteiger partial charge is 0.356 e. The molecule has 0 radical (unpaired) electrons. The summed E-state index contributed by atoms with van der Waals surface area (Å²) in [5.74, 6) is 0.935. The van der Waals surface area contributed by atoms with Gasteiger partial charge in [0.25, 0.3) is 0 Å². The van der Waals surface area contributed by atoms with Gasteiger partial charge in [-0.25, -0.2) is 4.98 Å². The number of rotatable bonds is 11. The SMILES string of the molecule is O=C(CCCCSc1nnc2c3ccccc3n(Cc3cccc(Cl)c3)c2n1)NCCc1ccccc1. The summed E-state index contributed by atoms with van der Waals surface area (Å²) in [6.07, 6.45) is 3.11. The highest BCUT2D eigenvalue weighted by atomic mass is 35.5. The number of fused-ring (bicyclic) bond motifs is 3. The zero-order valence-electron chi connectivity index (χ0n) is 20.4. The number of hydrogen-bond acceptors (Lipinski definition) is 5. The van der Waals surface area contributed by atoms with E-state index in [4.69, 9.17) is 16.6 Å². The third-order valence-corrected chi connectivity index (χ3v) is 7.35. The predicted octanol–water partition coefficient (Wildman–Crippen LogP) is 6.30. The molecule has 0 atom stereocenters. The fourth-order valence-electron chi connectivity index (χ4n) is 4.36. The van der Waals surface area contributed by atoms with Gasteiger partial charge < -0.3 is 9.88 Å². The highest BCUT2D eigenvalue weighted by Gasteiger charge is 2.15. The molecule has 2 heterocycles. The van der Waals surface area contributed by atoms with Crippen LogP contribution in [0.1, 0.15) is 30.4 Å². The van der Waals surface area contributed by atoms with Gasteiger partial charge in [0.2, 0.25) is 11.1 Å². The molecule has 1 amide bonds. The molecule has 0 aliphatic carbocycles. The van der Waals surface area contributed by atoms with Gasteiger partial charge in [-0.2, -0.15) is 0 Å². The number of nitrogens with one attached hydrogen (secondary N) is 1. The van der Waals surface area contributed by atoms with Crippen molar-refractivity contribution in [2.75, 3.05) is 12.3 Å². The molecule has 0 saturated heterocycles. The quantitative estimate of drug-likeness (QED) is 0.160. The molecule has 5 rings (SSSR count). The van der Waals surface area contributed by atoms with Crippen LogP contribution in [0.2, 0.25) is 5.02 Å². The number of carbonyl (C=O) groups is 1. The molecule has 8 heteroatoms. The van der Waals surface area contributed by atoms with Crippen molar-refractivity contribution >= 4 is 51.3 Å². The molecule has 0 unspecified atom stereocenters. The first-order valence-electron chi connectivity index (χ1n) is 12.5. The normalized spacial score (nSPS) is 11.3. The maximum Gasteiger partial charge on any atom is 0.220 e. The van der Waals surface area contributed by atoms with E-state index >= 15 is 0 Å². The summed E-state index contributed by atoms with van der Waals surface area (Å²) in [6.45, 7) is 1.31. The van der Waals surface area contributed by atoms with E-state index < -0.39 is 0 Å². The van der Waals surface area contributed by atoms with Gasteiger partial charge in [0.15, 0.2) is 5.65 Å².